The second-order valence-electron chi connectivity index (χ2n) is 7.38. The third-order valence-electron chi connectivity index (χ3n) is 5.37. The molecule has 1 aromatic rings. The highest BCUT2D eigenvalue weighted by Crippen LogP contribution is 2.24. The Kier molecular flexibility index (Phi) is 5.91. The zero-order chi connectivity index (χ0) is 18.5. The minimum absolute atomic E-state index is 0.00410. The number of likely N-dealkylation sites (tertiary alicyclic amines) is 1. The molecule has 6 nitrogen and oxygen atoms in total. The standard InChI is InChI=1S/C20H27N3O3/c1-23-13-17(10-11-18(23)24)22-20(26)16-8-6-14(7-9-16)12-21-19(25)15-4-2-3-5-15/h6-9,15,17H,2-5,10-13H2,1H3,(H,21,25)(H,22,26)/t17-/m0/s1. The largest absolute Gasteiger partial charge is 0.352 e. The van der Waals surface area contributed by atoms with Crippen molar-refractivity contribution >= 4 is 17.7 Å². The molecule has 1 saturated carbocycles. The predicted molar refractivity (Wildman–Crippen MR) is 98.4 cm³/mol. The smallest absolute Gasteiger partial charge is 0.251 e. The molecule has 2 N–H and O–H groups in total. The summed E-state index contributed by atoms with van der Waals surface area (Å²) in [5.74, 6) is 0.305. The fourth-order valence-corrected chi connectivity index (χ4v) is 3.69. The highest BCUT2D eigenvalue weighted by Gasteiger charge is 2.24. The van der Waals surface area contributed by atoms with Gasteiger partial charge in [-0.25, -0.2) is 0 Å². The average Bonchev–Trinajstić information content (AvgIpc) is 3.18. The minimum Gasteiger partial charge on any atom is -0.352 e. The normalized spacial score (nSPS) is 20.9. The van der Waals surface area contributed by atoms with Crippen LogP contribution in [0.15, 0.2) is 24.3 Å². The van der Waals surface area contributed by atoms with Gasteiger partial charge in [0.1, 0.15) is 0 Å². The lowest BCUT2D eigenvalue weighted by molar-refractivity contribution is -0.132. The molecule has 2 aliphatic rings. The second-order valence-corrected chi connectivity index (χ2v) is 7.38. The van der Waals surface area contributed by atoms with Crippen LogP contribution in [-0.2, 0) is 16.1 Å². The molecule has 0 unspecified atom stereocenters. The van der Waals surface area contributed by atoms with E-state index in [1.165, 1.54) is 0 Å². The van der Waals surface area contributed by atoms with Crippen LogP contribution in [0.3, 0.4) is 0 Å². The van der Waals surface area contributed by atoms with Crippen LogP contribution in [0.1, 0.15) is 54.4 Å². The molecular weight excluding hydrogens is 330 g/mol. The molecule has 0 bridgehead atoms. The van der Waals surface area contributed by atoms with E-state index in [9.17, 15) is 14.4 Å². The van der Waals surface area contributed by atoms with Crippen LogP contribution >= 0.6 is 0 Å². The van der Waals surface area contributed by atoms with E-state index in [4.69, 9.17) is 0 Å². The molecule has 0 radical (unpaired) electrons. The summed E-state index contributed by atoms with van der Waals surface area (Å²) in [6.07, 6.45) is 5.43. The SMILES string of the molecule is CN1C[C@@H](NC(=O)c2ccc(CNC(=O)C3CCCC3)cc2)CCC1=O. The molecule has 140 valence electrons. The topological polar surface area (TPSA) is 78.5 Å². The van der Waals surface area contributed by atoms with Crippen molar-refractivity contribution in [3.8, 4) is 0 Å². The summed E-state index contributed by atoms with van der Waals surface area (Å²) in [5.41, 5.74) is 1.58. The molecule has 1 aromatic carbocycles. The van der Waals surface area contributed by atoms with Crippen molar-refractivity contribution in [3.63, 3.8) is 0 Å². The van der Waals surface area contributed by atoms with Crippen LogP contribution in [0, 0.1) is 5.92 Å². The number of hydrogen-bond acceptors (Lipinski definition) is 3. The van der Waals surface area contributed by atoms with Crippen molar-refractivity contribution in [3.05, 3.63) is 35.4 Å². The number of piperidine rings is 1. The highest BCUT2D eigenvalue weighted by atomic mass is 16.2. The summed E-state index contributed by atoms with van der Waals surface area (Å²) in [7, 11) is 1.76. The first kappa shape index (κ1) is 18.4. The van der Waals surface area contributed by atoms with Crippen molar-refractivity contribution in [2.45, 2.75) is 51.1 Å². The average molecular weight is 357 g/mol. The van der Waals surface area contributed by atoms with Crippen LogP contribution < -0.4 is 10.6 Å². The number of rotatable bonds is 5. The van der Waals surface area contributed by atoms with Crippen LogP contribution in [0.5, 0.6) is 0 Å². The van der Waals surface area contributed by atoms with Gasteiger partial charge in [0, 0.05) is 44.1 Å². The first-order valence-electron chi connectivity index (χ1n) is 9.44. The van der Waals surface area contributed by atoms with E-state index in [1.54, 1.807) is 24.1 Å². The van der Waals surface area contributed by atoms with Gasteiger partial charge in [-0.1, -0.05) is 25.0 Å². The number of carbonyl (C=O) groups is 3. The minimum atomic E-state index is -0.126. The van der Waals surface area contributed by atoms with Crippen LogP contribution in [0.4, 0.5) is 0 Å². The van der Waals surface area contributed by atoms with Crippen molar-refractivity contribution in [1.29, 1.82) is 0 Å². The van der Waals surface area contributed by atoms with Gasteiger partial charge >= 0.3 is 0 Å². The summed E-state index contributed by atoms with van der Waals surface area (Å²) in [4.78, 5) is 37.6. The molecule has 0 spiro atoms. The number of nitrogens with one attached hydrogen (secondary N) is 2. The summed E-state index contributed by atoms with van der Waals surface area (Å²) in [6.45, 7) is 1.04. The number of amides is 3. The maximum absolute atomic E-state index is 12.4. The Morgan fingerprint density at radius 3 is 2.46 bits per heavy atom. The van der Waals surface area contributed by atoms with Crippen LogP contribution in [0.25, 0.3) is 0 Å². The fourth-order valence-electron chi connectivity index (χ4n) is 3.69. The number of likely N-dealkylation sites (N-methyl/N-ethyl adjacent to an activating group) is 1. The molecule has 1 heterocycles. The number of nitrogens with zero attached hydrogens (tertiary/aromatic N) is 1. The lowest BCUT2D eigenvalue weighted by atomic mass is 10.0. The van der Waals surface area contributed by atoms with E-state index in [2.05, 4.69) is 10.6 Å². The monoisotopic (exact) mass is 357 g/mol. The Labute approximate surface area is 154 Å². The molecule has 3 rings (SSSR count). The van der Waals surface area contributed by atoms with Crippen LogP contribution in [-0.4, -0.2) is 42.3 Å². The van der Waals surface area contributed by atoms with E-state index >= 15 is 0 Å². The molecule has 0 aromatic heterocycles. The van der Waals surface area contributed by atoms with E-state index in [0.29, 0.717) is 31.5 Å². The molecule has 1 atom stereocenters. The Morgan fingerprint density at radius 2 is 1.81 bits per heavy atom. The van der Waals surface area contributed by atoms with Gasteiger partial charge in [0.05, 0.1) is 0 Å². The summed E-state index contributed by atoms with van der Waals surface area (Å²) in [5, 5.41) is 5.98. The first-order valence-corrected chi connectivity index (χ1v) is 9.44. The van der Waals surface area contributed by atoms with Gasteiger partial charge in [0.2, 0.25) is 11.8 Å². The second kappa shape index (κ2) is 8.34. The zero-order valence-electron chi connectivity index (χ0n) is 15.3. The van der Waals surface area contributed by atoms with E-state index in [1.807, 2.05) is 12.1 Å². The molecule has 26 heavy (non-hydrogen) atoms. The fraction of sp³-hybridized carbons (Fsp3) is 0.550. The highest BCUT2D eigenvalue weighted by molar-refractivity contribution is 5.94. The lowest BCUT2D eigenvalue weighted by Crippen LogP contribution is -2.48. The van der Waals surface area contributed by atoms with Crippen molar-refractivity contribution < 1.29 is 14.4 Å². The third-order valence-corrected chi connectivity index (χ3v) is 5.37. The molecule has 1 aliphatic heterocycles. The van der Waals surface area contributed by atoms with Crippen molar-refractivity contribution in [1.82, 2.24) is 15.5 Å². The molecule has 1 aliphatic carbocycles. The van der Waals surface area contributed by atoms with E-state index in [-0.39, 0.29) is 29.7 Å². The summed E-state index contributed by atoms with van der Waals surface area (Å²) >= 11 is 0. The molecule has 1 saturated heterocycles. The number of carbonyl (C=O) groups excluding carboxylic acids is 3. The number of benzene rings is 1. The van der Waals surface area contributed by atoms with E-state index < -0.39 is 0 Å². The maximum Gasteiger partial charge on any atom is 0.251 e. The summed E-state index contributed by atoms with van der Waals surface area (Å²) < 4.78 is 0. The first-order chi connectivity index (χ1) is 12.5. The molecule has 6 heteroatoms. The van der Waals surface area contributed by atoms with E-state index in [0.717, 1.165) is 31.2 Å². The number of hydrogen-bond donors (Lipinski definition) is 2. The quantitative estimate of drug-likeness (QED) is 0.844. The predicted octanol–water partition coefficient (Wildman–Crippen LogP) is 1.84. The molecular formula is C20H27N3O3. The van der Waals surface area contributed by atoms with Gasteiger partial charge in [-0.15, -0.1) is 0 Å². The van der Waals surface area contributed by atoms with Crippen LogP contribution in [0.2, 0.25) is 0 Å². The van der Waals surface area contributed by atoms with Gasteiger partial charge < -0.3 is 15.5 Å². The maximum atomic E-state index is 12.4. The summed E-state index contributed by atoms with van der Waals surface area (Å²) in [6, 6.07) is 7.31. The van der Waals surface area contributed by atoms with Gasteiger partial charge in [-0.2, -0.15) is 0 Å². The Bertz CT molecular complexity index is 665. The zero-order valence-corrected chi connectivity index (χ0v) is 15.3. The van der Waals surface area contributed by atoms with Gasteiger partial charge in [0.25, 0.3) is 5.91 Å². The lowest BCUT2D eigenvalue weighted by Gasteiger charge is -2.30. The van der Waals surface area contributed by atoms with Gasteiger partial charge in [-0.05, 0) is 37.0 Å². The Hall–Kier alpha value is -2.37. The third kappa shape index (κ3) is 4.62. The van der Waals surface area contributed by atoms with Gasteiger partial charge in [-0.3, -0.25) is 14.4 Å². The molecule has 2 fully saturated rings. The van der Waals surface area contributed by atoms with Crippen molar-refractivity contribution in [2.24, 2.45) is 5.92 Å². The Balaban J connectivity index is 1.48. The molecule has 3 amide bonds. The van der Waals surface area contributed by atoms with Gasteiger partial charge in [0.15, 0.2) is 0 Å². The Morgan fingerprint density at radius 1 is 1.12 bits per heavy atom. The van der Waals surface area contributed by atoms with Crippen molar-refractivity contribution in [2.75, 3.05) is 13.6 Å².